The van der Waals surface area contributed by atoms with Crippen LogP contribution in [0, 0.1) is 0 Å². The molecule has 2 aliphatic heterocycles. The maximum absolute atomic E-state index is 12.5. The second kappa shape index (κ2) is 12.1. The second-order valence-corrected chi connectivity index (χ2v) is 9.62. The van der Waals surface area contributed by atoms with Crippen molar-refractivity contribution < 1.29 is 19.1 Å². The number of benzene rings is 2. The molecule has 0 aliphatic carbocycles. The lowest BCUT2D eigenvalue weighted by atomic mass is 9.98. The molecule has 6 heteroatoms. The number of unbranched alkanes of at least 4 members (excludes halogenated alkanes) is 6. The van der Waals surface area contributed by atoms with Crippen LogP contribution in [0.3, 0.4) is 0 Å². The van der Waals surface area contributed by atoms with Crippen molar-refractivity contribution in [2.45, 2.75) is 78.3 Å². The molecule has 188 valence electrons. The first-order valence-electron chi connectivity index (χ1n) is 13.2. The first-order chi connectivity index (χ1) is 17.1. The van der Waals surface area contributed by atoms with E-state index < -0.39 is 0 Å². The van der Waals surface area contributed by atoms with Gasteiger partial charge in [0.25, 0.3) is 0 Å². The van der Waals surface area contributed by atoms with Crippen LogP contribution in [-0.2, 0) is 22.6 Å². The Morgan fingerprint density at radius 3 is 1.57 bits per heavy atom. The fourth-order valence-corrected chi connectivity index (χ4v) is 4.89. The highest BCUT2D eigenvalue weighted by molar-refractivity contribution is 5.91. The number of rotatable bonds is 12. The van der Waals surface area contributed by atoms with Gasteiger partial charge in [0.05, 0.1) is 31.0 Å². The SMILES string of the molecule is CCCCCCOC(=O)c1ccc2c(c1)CN1CN2Cc2cc(C(=O)OCCCCCC)ccc21. The zero-order valence-corrected chi connectivity index (χ0v) is 21.2. The summed E-state index contributed by atoms with van der Waals surface area (Å²) >= 11 is 0. The Labute approximate surface area is 209 Å². The van der Waals surface area contributed by atoms with Crippen molar-refractivity contribution in [2.24, 2.45) is 0 Å². The van der Waals surface area contributed by atoms with E-state index in [-0.39, 0.29) is 11.9 Å². The summed E-state index contributed by atoms with van der Waals surface area (Å²) in [6, 6.07) is 11.7. The summed E-state index contributed by atoms with van der Waals surface area (Å²) < 4.78 is 11.0. The molecule has 0 amide bonds. The zero-order valence-electron chi connectivity index (χ0n) is 21.2. The first kappa shape index (κ1) is 25.1. The van der Waals surface area contributed by atoms with Crippen molar-refractivity contribution in [3.8, 4) is 0 Å². The Morgan fingerprint density at radius 1 is 0.686 bits per heavy atom. The minimum absolute atomic E-state index is 0.247. The summed E-state index contributed by atoms with van der Waals surface area (Å²) in [5.74, 6) is -0.494. The van der Waals surface area contributed by atoms with Gasteiger partial charge in [-0.15, -0.1) is 0 Å². The highest BCUT2D eigenvalue weighted by atomic mass is 16.5. The maximum atomic E-state index is 12.5. The predicted molar refractivity (Wildman–Crippen MR) is 139 cm³/mol. The fourth-order valence-electron chi connectivity index (χ4n) is 4.89. The molecule has 2 heterocycles. The third-order valence-corrected chi connectivity index (χ3v) is 6.84. The van der Waals surface area contributed by atoms with Gasteiger partial charge in [0.15, 0.2) is 0 Å². The Balaban J connectivity index is 1.39. The van der Waals surface area contributed by atoms with Crippen LogP contribution in [0.2, 0.25) is 0 Å². The van der Waals surface area contributed by atoms with E-state index in [0.29, 0.717) is 24.3 Å². The van der Waals surface area contributed by atoms with Gasteiger partial charge in [-0.05, 0) is 60.4 Å². The van der Waals surface area contributed by atoms with Crippen molar-refractivity contribution in [1.29, 1.82) is 0 Å². The second-order valence-electron chi connectivity index (χ2n) is 9.62. The highest BCUT2D eigenvalue weighted by Crippen LogP contribution is 2.38. The normalized spacial score (nSPS) is 13.8. The van der Waals surface area contributed by atoms with Crippen molar-refractivity contribution in [1.82, 2.24) is 0 Å². The van der Waals surface area contributed by atoms with E-state index in [2.05, 4.69) is 23.6 Å². The molecule has 0 N–H and O–H groups in total. The lowest BCUT2D eigenvalue weighted by Gasteiger charge is -2.45. The summed E-state index contributed by atoms with van der Waals surface area (Å²) in [6.07, 6.45) is 8.69. The number of esters is 2. The van der Waals surface area contributed by atoms with Crippen LogP contribution in [0.25, 0.3) is 0 Å². The summed E-state index contributed by atoms with van der Waals surface area (Å²) in [6.45, 7) is 7.53. The molecule has 35 heavy (non-hydrogen) atoms. The Morgan fingerprint density at radius 2 is 1.14 bits per heavy atom. The zero-order chi connectivity index (χ0) is 24.6. The smallest absolute Gasteiger partial charge is 0.338 e. The van der Waals surface area contributed by atoms with E-state index in [1.54, 1.807) is 0 Å². The van der Waals surface area contributed by atoms with E-state index >= 15 is 0 Å². The number of anilines is 2. The lowest BCUT2D eigenvalue weighted by Crippen LogP contribution is -2.46. The molecule has 0 unspecified atom stereocenters. The van der Waals surface area contributed by atoms with Crippen molar-refractivity contribution in [3.63, 3.8) is 0 Å². The van der Waals surface area contributed by atoms with E-state index in [0.717, 1.165) is 67.9 Å². The monoisotopic (exact) mass is 478 g/mol. The summed E-state index contributed by atoms with van der Waals surface area (Å²) in [5.41, 5.74) is 5.74. The molecule has 0 saturated carbocycles. The molecular weight excluding hydrogens is 440 g/mol. The standard InChI is InChI=1S/C29H38N2O4/c1-3-5-7-9-15-34-28(32)22-11-13-26-24(17-22)19-30-21-31(26)20-25-18-23(12-14-27(25)30)29(33)35-16-10-8-6-4-2/h11-14,17-18H,3-10,15-16,19-21H2,1-2H3. The predicted octanol–water partition coefficient (Wildman–Crippen LogP) is 6.46. The van der Waals surface area contributed by atoms with Gasteiger partial charge in [0.2, 0.25) is 0 Å². The number of nitrogens with zero attached hydrogens (tertiary/aromatic N) is 2. The molecule has 0 saturated heterocycles. The summed E-state index contributed by atoms with van der Waals surface area (Å²) in [7, 11) is 0. The molecule has 0 fully saturated rings. The molecule has 0 radical (unpaired) electrons. The largest absolute Gasteiger partial charge is 0.462 e. The highest BCUT2D eigenvalue weighted by Gasteiger charge is 2.30. The van der Waals surface area contributed by atoms with Gasteiger partial charge in [-0.25, -0.2) is 9.59 Å². The molecule has 0 aromatic heterocycles. The van der Waals surface area contributed by atoms with Crippen LogP contribution >= 0.6 is 0 Å². The number of hydrogen-bond acceptors (Lipinski definition) is 6. The van der Waals surface area contributed by atoms with Gasteiger partial charge in [-0.1, -0.05) is 52.4 Å². The topological polar surface area (TPSA) is 59.1 Å². The summed E-state index contributed by atoms with van der Waals surface area (Å²) in [5, 5.41) is 0. The van der Waals surface area contributed by atoms with E-state index in [9.17, 15) is 9.59 Å². The molecule has 0 atom stereocenters. The van der Waals surface area contributed by atoms with Gasteiger partial charge in [-0.3, -0.25) is 0 Å². The molecular formula is C29H38N2O4. The average Bonchev–Trinajstić information content (AvgIpc) is 2.87. The lowest BCUT2D eigenvalue weighted by molar-refractivity contribution is 0.0488. The quantitative estimate of drug-likeness (QED) is 0.258. The molecule has 2 aromatic carbocycles. The van der Waals surface area contributed by atoms with Crippen LogP contribution in [0.1, 0.15) is 97.1 Å². The van der Waals surface area contributed by atoms with Gasteiger partial charge in [0, 0.05) is 24.5 Å². The molecule has 6 nitrogen and oxygen atoms in total. The van der Waals surface area contributed by atoms with Crippen LogP contribution in [0.5, 0.6) is 0 Å². The number of fused-ring (bicyclic) bond motifs is 6. The molecule has 2 bridgehead atoms. The van der Waals surface area contributed by atoms with Crippen LogP contribution in [-0.4, -0.2) is 31.8 Å². The molecule has 2 aromatic rings. The molecule has 4 rings (SSSR count). The van der Waals surface area contributed by atoms with Crippen molar-refractivity contribution in [3.05, 3.63) is 58.7 Å². The van der Waals surface area contributed by atoms with E-state index in [1.807, 2.05) is 36.4 Å². The fraction of sp³-hybridized carbons (Fsp3) is 0.517. The number of hydrogen-bond donors (Lipinski definition) is 0. The minimum Gasteiger partial charge on any atom is -0.462 e. The third kappa shape index (κ3) is 6.16. The van der Waals surface area contributed by atoms with Crippen molar-refractivity contribution >= 4 is 23.3 Å². The van der Waals surface area contributed by atoms with Crippen LogP contribution in [0.15, 0.2) is 36.4 Å². The van der Waals surface area contributed by atoms with Crippen LogP contribution in [0.4, 0.5) is 11.4 Å². The van der Waals surface area contributed by atoms with Gasteiger partial charge in [-0.2, -0.15) is 0 Å². The number of carbonyl (C=O) groups excluding carboxylic acids is 2. The van der Waals surface area contributed by atoms with Gasteiger partial charge in [0.1, 0.15) is 0 Å². The number of ether oxygens (including phenoxy) is 2. The average molecular weight is 479 g/mol. The minimum atomic E-state index is -0.247. The van der Waals surface area contributed by atoms with E-state index in [1.165, 1.54) is 25.7 Å². The Kier molecular flexibility index (Phi) is 8.67. The Bertz CT molecular complexity index is 954. The first-order valence-corrected chi connectivity index (χ1v) is 13.2. The molecule has 2 aliphatic rings. The van der Waals surface area contributed by atoms with Crippen molar-refractivity contribution in [2.75, 3.05) is 29.7 Å². The van der Waals surface area contributed by atoms with E-state index in [4.69, 9.17) is 9.47 Å². The summed E-state index contributed by atoms with van der Waals surface area (Å²) in [4.78, 5) is 29.7. The molecule has 0 spiro atoms. The number of carbonyl (C=O) groups is 2. The third-order valence-electron chi connectivity index (χ3n) is 6.84. The Hall–Kier alpha value is -3.02. The van der Waals surface area contributed by atoms with Crippen LogP contribution < -0.4 is 9.80 Å². The maximum Gasteiger partial charge on any atom is 0.338 e. The van der Waals surface area contributed by atoms with Gasteiger partial charge < -0.3 is 19.3 Å². The van der Waals surface area contributed by atoms with Gasteiger partial charge >= 0.3 is 11.9 Å².